The van der Waals surface area contributed by atoms with E-state index >= 15 is 0 Å². The van der Waals surface area contributed by atoms with Crippen molar-refractivity contribution in [3.8, 4) is 0 Å². The minimum Gasteiger partial charge on any atom is -0.468 e. The molecular weight excluding hydrogens is 316 g/mol. The third-order valence-corrected chi connectivity index (χ3v) is 5.17. The van der Waals surface area contributed by atoms with Crippen molar-refractivity contribution in [2.24, 2.45) is 4.99 Å². The highest BCUT2D eigenvalue weighted by Crippen LogP contribution is 2.24. The molecule has 25 heavy (non-hydrogen) atoms. The van der Waals surface area contributed by atoms with E-state index in [9.17, 15) is 0 Å². The summed E-state index contributed by atoms with van der Waals surface area (Å²) in [6.45, 7) is 4.88. The number of hydrogen-bond acceptors (Lipinski definition) is 4. The molecule has 0 saturated carbocycles. The summed E-state index contributed by atoms with van der Waals surface area (Å²) in [5, 5.41) is 6.89. The number of guanidine groups is 1. The van der Waals surface area contributed by atoms with Crippen molar-refractivity contribution in [1.29, 1.82) is 0 Å². The summed E-state index contributed by atoms with van der Waals surface area (Å²) in [5.41, 5.74) is 0. The molecule has 2 unspecified atom stereocenters. The van der Waals surface area contributed by atoms with Crippen LogP contribution in [0.3, 0.4) is 0 Å². The Morgan fingerprint density at radius 2 is 2.16 bits per heavy atom. The second-order valence-corrected chi connectivity index (χ2v) is 6.93. The van der Waals surface area contributed by atoms with Gasteiger partial charge in [-0.25, -0.2) is 0 Å². The molecule has 0 spiro atoms. The molecule has 2 saturated heterocycles. The van der Waals surface area contributed by atoms with Crippen molar-refractivity contribution in [1.82, 2.24) is 15.5 Å². The fourth-order valence-corrected chi connectivity index (χ4v) is 3.76. The van der Waals surface area contributed by atoms with Crippen LogP contribution in [0, 0.1) is 0 Å². The lowest BCUT2D eigenvalue weighted by atomic mass is 10.1. The molecule has 0 bridgehead atoms. The van der Waals surface area contributed by atoms with E-state index in [2.05, 4.69) is 26.6 Å². The molecule has 140 valence electrons. The molecule has 6 heteroatoms. The summed E-state index contributed by atoms with van der Waals surface area (Å²) >= 11 is 0. The second kappa shape index (κ2) is 9.82. The Labute approximate surface area is 151 Å². The first-order valence-electron chi connectivity index (χ1n) is 9.70. The minimum atomic E-state index is 0.256. The third-order valence-electron chi connectivity index (χ3n) is 5.17. The number of likely N-dealkylation sites (tertiary alicyclic amines) is 1. The van der Waals surface area contributed by atoms with Gasteiger partial charge in [0, 0.05) is 26.7 Å². The lowest BCUT2D eigenvalue weighted by molar-refractivity contribution is 0.105. The molecule has 3 rings (SSSR count). The highest BCUT2D eigenvalue weighted by molar-refractivity contribution is 5.79. The van der Waals surface area contributed by atoms with E-state index in [-0.39, 0.29) is 6.04 Å². The molecule has 2 N–H and O–H groups in total. The lowest BCUT2D eigenvalue weighted by Gasteiger charge is -2.33. The van der Waals surface area contributed by atoms with Crippen molar-refractivity contribution in [3.63, 3.8) is 0 Å². The van der Waals surface area contributed by atoms with Gasteiger partial charge in [-0.3, -0.25) is 9.89 Å². The summed E-state index contributed by atoms with van der Waals surface area (Å²) < 4.78 is 11.4. The van der Waals surface area contributed by atoms with Crippen LogP contribution in [-0.2, 0) is 4.74 Å². The Kier molecular flexibility index (Phi) is 7.18. The van der Waals surface area contributed by atoms with Gasteiger partial charge in [0.1, 0.15) is 5.76 Å². The molecule has 2 aliphatic rings. The zero-order valence-corrected chi connectivity index (χ0v) is 15.4. The first-order chi connectivity index (χ1) is 12.4. The molecule has 3 heterocycles. The summed E-state index contributed by atoms with van der Waals surface area (Å²) in [4.78, 5) is 6.88. The van der Waals surface area contributed by atoms with Crippen LogP contribution in [0.1, 0.15) is 50.3 Å². The summed E-state index contributed by atoms with van der Waals surface area (Å²) in [6, 6.07) is 4.31. The zero-order chi connectivity index (χ0) is 17.3. The fraction of sp³-hybridized carbons (Fsp3) is 0.737. The van der Waals surface area contributed by atoms with Crippen molar-refractivity contribution in [3.05, 3.63) is 24.2 Å². The van der Waals surface area contributed by atoms with E-state index < -0.39 is 0 Å². The highest BCUT2D eigenvalue weighted by Gasteiger charge is 2.24. The normalized spacial score (nSPS) is 23.6. The van der Waals surface area contributed by atoms with Gasteiger partial charge in [0.25, 0.3) is 0 Å². The van der Waals surface area contributed by atoms with Crippen LogP contribution in [0.15, 0.2) is 27.8 Å². The number of piperidine rings is 1. The van der Waals surface area contributed by atoms with Gasteiger partial charge >= 0.3 is 0 Å². The maximum Gasteiger partial charge on any atom is 0.191 e. The van der Waals surface area contributed by atoms with Crippen molar-refractivity contribution in [2.75, 3.05) is 39.8 Å². The molecule has 0 radical (unpaired) electrons. The minimum absolute atomic E-state index is 0.256. The van der Waals surface area contributed by atoms with Crippen LogP contribution >= 0.6 is 0 Å². The maximum atomic E-state index is 5.70. The largest absolute Gasteiger partial charge is 0.468 e. The number of nitrogens with one attached hydrogen (secondary N) is 2. The van der Waals surface area contributed by atoms with Crippen molar-refractivity contribution >= 4 is 5.96 Å². The van der Waals surface area contributed by atoms with Gasteiger partial charge in [-0.05, 0) is 57.3 Å². The highest BCUT2D eigenvalue weighted by atomic mass is 16.5. The van der Waals surface area contributed by atoms with Crippen LogP contribution in [0.4, 0.5) is 0 Å². The molecule has 6 nitrogen and oxygen atoms in total. The topological polar surface area (TPSA) is 62.0 Å². The first kappa shape index (κ1) is 18.3. The van der Waals surface area contributed by atoms with Gasteiger partial charge in [0.05, 0.1) is 18.4 Å². The van der Waals surface area contributed by atoms with Gasteiger partial charge < -0.3 is 19.8 Å². The molecular formula is C19H32N4O2. The van der Waals surface area contributed by atoms with Crippen molar-refractivity contribution in [2.45, 2.75) is 50.7 Å². The first-order valence-corrected chi connectivity index (χ1v) is 9.70. The number of ether oxygens (including phenoxy) is 1. The van der Waals surface area contributed by atoms with Crippen LogP contribution in [0.5, 0.6) is 0 Å². The molecule has 2 aliphatic heterocycles. The van der Waals surface area contributed by atoms with Crippen LogP contribution in [0.2, 0.25) is 0 Å². The quantitative estimate of drug-likeness (QED) is 0.586. The summed E-state index contributed by atoms with van der Waals surface area (Å²) in [7, 11) is 1.82. The van der Waals surface area contributed by atoms with E-state index in [0.29, 0.717) is 6.10 Å². The van der Waals surface area contributed by atoms with Crippen molar-refractivity contribution < 1.29 is 9.15 Å². The van der Waals surface area contributed by atoms with Gasteiger partial charge in [-0.1, -0.05) is 6.42 Å². The number of aliphatic imine (C=N–C) groups is 1. The van der Waals surface area contributed by atoms with E-state index in [1.54, 1.807) is 6.26 Å². The number of nitrogens with zero attached hydrogens (tertiary/aromatic N) is 2. The van der Waals surface area contributed by atoms with Crippen LogP contribution in [-0.4, -0.2) is 56.8 Å². The second-order valence-electron chi connectivity index (χ2n) is 6.93. The Hall–Kier alpha value is -1.53. The Balaban J connectivity index is 1.48. The predicted octanol–water partition coefficient (Wildman–Crippen LogP) is 2.54. The Morgan fingerprint density at radius 1 is 1.28 bits per heavy atom. The van der Waals surface area contributed by atoms with E-state index in [0.717, 1.165) is 50.9 Å². The van der Waals surface area contributed by atoms with Crippen LogP contribution < -0.4 is 10.6 Å². The number of furan rings is 1. The monoisotopic (exact) mass is 348 g/mol. The molecule has 1 aromatic heterocycles. The van der Waals surface area contributed by atoms with E-state index in [4.69, 9.17) is 9.15 Å². The van der Waals surface area contributed by atoms with E-state index in [1.807, 2.05) is 13.1 Å². The third kappa shape index (κ3) is 5.47. The molecule has 0 amide bonds. The lowest BCUT2D eigenvalue weighted by Crippen LogP contribution is -2.44. The SMILES string of the molecule is CN=C(NCCC1CCCO1)NCC(c1ccco1)N1CCCCC1. The average molecular weight is 348 g/mol. The van der Waals surface area contributed by atoms with Gasteiger partial charge in [0.15, 0.2) is 5.96 Å². The molecule has 2 atom stereocenters. The summed E-state index contributed by atoms with van der Waals surface area (Å²) in [5.74, 6) is 1.88. The van der Waals surface area contributed by atoms with Gasteiger partial charge in [0.2, 0.25) is 0 Å². The molecule has 2 fully saturated rings. The molecule has 1 aromatic rings. The van der Waals surface area contributed by atoms with Crippen LogP contribution in [0.25, 0.3) is 0 Å². The standard InChI is InChI=1S/C19H32N4O2/c1-20-19(21-10-9-16-7-5-13-24-16)22-15-17(18-8-6-14-25-18)23-11-3-2-4-12-23/h6,8,14,16-17H,2-5,7,9-13,15H2,1H3,(H2,20,21,22). The maximum absolute atomic E-state index is 5.70. The Morgan fingerprint density at radius 3 is 2.84 bits per heavy atom. The van der Waals surface area contributed by atoms with E-state index in [1.165, 1.54) is 32.1 Å². The number of rotatable bonds is 7. The smallest absolute Gasteiger partial charge is 0.191 e. The number of hydrogen-bond donors (Lipinski definition) is 2. The average Bonchev–Trinajstić information content (AvgIpc) is 3.35. The predicted molar refractivity (Wildman–Crippen MR) is 99.8 cm³/mol. The van der Waals surface area contributed by atoms with Gasteiger partial charge in [-0.2, -0.15) is 0 Å². The zero-order valence-electron chi connectivity index (χ0n) is 15.4. The fourth-order valence-electron chi connectivity index (χ4n) is 3.76. The Bertz CT molecular complexity index is 506. The molecule has 0 aliphatic carbocycles. The van der Waals surface area contributed by atoms with Gasteiger partial charge in [-0.15, -0.1) is 0 Å². The molecule has 0 aromatic carbocycles. The summed E-state index contributed by atoms with van der Waals surface area (Å²) in [6.07, 6.45) is 9.46.